The average Bonchev–Trinajstić information content (AvgIpc) is 2.90. The van der Waals surface area contributed by atoms with Gasteiger partial charge in [0.2, 0.25) is 0 Å². The van der Waals surface area contributed by atoms with E-state index in [9.17, 15) is 21.4 Å². The number of sulfone groups is 1. The molecule has 0 atom stereocenters. The maximum absolute atomic E-state index is 13.1. The first kappa shape index (κ1) is 28.8. The Morgan fingerprint density at radius 2 is 1.29 bits per heavy atom. The molecule has 1 N–H and O–H groups in total. The summed E-state index contributed by atoms with van der Waals surface area (Å²) in [6.07, 6.45) is 1.31. The monoisotopic (exact) mass is 564 g/mol. The molecule has 12 heteroatoms. The summed E-state index contributed by atoms with van der Waals surface area (Å²) >= 11 is 0. The largest absolute Gasteiger partial charge is 0.496 e. The van der Waals surface area contributed by atoms with Crippen LogP contribution in [0.1, 0.15) is 11.1 Å². The van der Waals surface area contributed by atoms with Crippen LogP contribution in [0.5, 0.6) is 28.7 Å². The number of methoxy groups -OCH3 is 5. The summed E-state index contributed by atoms with van der Waals surface area (Å²) in [6, 6.07) is 12.2. The van der Waals surface area contributed by atoms with Crippen LogP contribution in [0.3, 0.4) is 0 Å². The average molecular weight is 565 g/mol. The van der Waals surface area contributed by atoms with E-state index in [1.54, 1.807) is 36.4 Å². The number of benzene rings is 3. The Labute approximate surface area is 222 Å². The van der Waals surface area contributed by atoms with E-state index < -0.39 is 30.6 Å². The minimum Gasteiger partial charge on any atom is -0.496 e. The van der Waals surface area contributed by atoms with Gasteiger partial charge in [0, 0.05) is 34.2 Å². The fourth-order valence-corrected chi connectivity index (χ4v) is 5.67. The summed E-state index contributed by atoms with van der Waals surface area (Å²) in [6.45, 7) is 0. The standard InChI is InChI=1S/C26H28O10S2/c1-32-18-13-24(35-4)20(25(14-18)36-5)10-11-37(27,28)16-17-12-26(38(29,30)31)21(15-23(17)34-3)19-8-6-7-9-22(19)33-2/h6-15H,16H2,1-5H3,(H,29,30,31)/b11-10+. The quantitative estimate of drug-likeness (QED) is 0.337. The molecule has 3 aromatic carbocycles. The molecule has 0 fully saturated rings. The van der Waals surface area contributed by atoms with Crippen molar-refractivity contribution in [3.63, 3.8) is 0 Å². The molecule has 0 aliphatic rings. The van der Waals surface area contributed by atoms with Gasteiger partial charge in [-0.3, -0.25) is 4.55 Å². The van der Waals surface area contributed by atoms with Crippen molar-refractivity contribution in [1.29, 1.82) is 0 Å². The first-order chi connectivity index (χ1) is 18.0. The maximum Gasteiger partial charge on any atom is 0.295 e. The molecule has 0 saturated heterocycles. The van der Waals surface area contributed by atoms with Crippen molar-refractivity contribution in [2.75, 3.05) is 35.5 Å². The molecule has 0 radical (unpaired) electrons. The van der Waals surface area contributed by atoms with Crippen LogP contribution in [-0.4, -0.2) is 56.9 Å². The Morgan fingerprint density at radius 3 is 1.82 bits per heavy atom. The van der Waals surface area contributed by atoms with Crippen LogP contribution in [0.4, 0.5) is 0 Å². The first-order valence-corrected chi connectivity index (χ1v) is 14.2. The van der Waals surface area contributed by atoms with E-state index >= 15 is 0 Å². The van der Waals surface area contributed by atoms with E-state index in [0.717, 1.165) is 11.5 Å². The first-order valence-electron chi connectivity index (χ1n) is 11.0. The Bertz CT molecular complexity index is 1530. The predicted octanol–water partition coefficient (Wildman–Crippen LogP) is 4.23. The second-order valence-corrected chi connectivity index (χ2v) is 11.2. The Morgan fingerprint density at radius 1 is 0.711 bits per heavy atom. The molecule has 3 aromatic rings. The zero-order valence-electron chi connectivity index (χ0n) is 21.4. The van der Waals surface area contributed by atoms with Crippen LogP contribution in [0.2, 0.25) is 0 Å². The lowest BCUT2D eigenvalue weighted by molar-refractivity contribution is 0.374. The molecule has 0 heterocycles. The van der Waals surface area contributed by atoms with E-state index in [2.05, 4.69) is 0 Å². The third-order valence-corrected chi connectivity index (χ3v) is 7.77. The van der Waals surface area contributed by atoms with Crippen LogP contribution in [0, 0.1) is 0 Å². The highest BCUT2D eigenvalue weighted by Gasteiger charge is 2.24. The molecule has 3 rings (SSSR count). The van der Waals surface area contributed by atoms with Gasteiger partial charge in [0.1, 0.15) is 33.6 Å². The van der Waals surface area contributed by atoms with Gasteiger partial charge in [-0.05, 0) is 24.3 Å². The van der Waals surface area contributed by atoms with E-state index in [1.807, 2.05) is 0 Å². The van der Waals surface area contributed by atoms with Crippen LogP contribution in [0.15, 0.2) is 58.8 Å². The topological polar surface area (TPSA) is 135 Å². The van der Waals surface area contributed by atoms with Crippen molar-refractivity contribution < 1.29 is 45.1 Å². The Kier molecular flexibility index (Phi) is 8.92. The maximum atomic E-state index is 13.1. The lowest BCUT2D eigenvalue weighted by Crippen LogP contribution is -2.07. The van der Waals surface area contributed by atoms with Crippen molar-refractivity contribution in [3.8, 4) is 39.9 Å². The summed E-state index contributed by atoms with van der Waals surface area (Å²) in [5, 5.41) is 0.959. The van der Waals surface area contributed by atoms with Crippen LogP contribution >= 0.6 is 0 Å². The Balaban J connectivity index is 2.10. The second-order valence-electron chi connectivity index (χ2n) is 7.89. The second kappa shape index (κ2) is 11.8. The van der Waals surface area contributed by atoms with Gasteiger partial charge >= 0.3 is 0 Å². The highest BCUT2D eigenvalue weighted by molar-refractivity contribution is 7.93. The summed E-state index contributed by atoms with van der Waals surface area (Å²) in [7, 11) is -1.68. The minimum atomic E-state index is -4.76. The molecule has 38 heavy (non-hydrogen) atoms. The van der Waals surface area contributed by atoms with Gasteiger partial charge in [-0.1, -0.05) is 18.2 Å². The van der Waals surface area contributed by atoms with Crippen molar-refractivity contribution in [2.45, 2.75) is 10.6 Å². The SMILES string of the molecule is COc1cc(OC)c(/C=C/S(=O)(=O)Cc2cc(S(=O)(=O)O)c(-c3ccccc3OC)cc2OC)c(OC)c1. The fraction of sp³-hybridized carbons (Fsp3) is 0.231. The van der Waals surface area contributed by atoms with Crippen LogP contribution in [0.25, 0.3) is 17.2 Å². The van der Waals surface area contributed by atoms with E-state index in [4.69, 9.17) is 23.7 Å². The lowest BCUT2D eigenvalue weighted by atomic mass is 10.0. The Hall–Kier alpha value is -3.74. The minimum absolute atomic E-state index is 0.0251. The number of ether oxygens (including phenoxy) is 5. The lowest BCUT2D eigenvalue weighted by Gasteiger charge is -2.16. The molecule has 0 amide bonds. The fourth-order valence-electron chi connectivity index (χ4n) is 3.83. The van der Waals surface area contributed by atoms with Gasteiger partial charge in [-0.25, -0.2) is 8.42 Å². The smallest absolute Gasteiger partial charge is 0.295 e. The van der Waals surface area contributed by atoms with Crippen LogP contribution in [-0.2, 0) is 25.7 Å². The zero-order valence-corrected chi connectivity index (χ0v) is 23.1. The van der Waals surface area contributed by atoms with Gasteiger partial charge < -0.3 is 23.7 Å². The van der Waals surface area contributed by atoms with Gasteiger partial charge in [0.05, 0.1) is 46.9 Å². The third kappa shape index (κ3) is 6.39. The number of rotatable bonds is 11. The van der Waals surface area contributed by atoms with E-state index in [0.29, 0.717) is 34.1 Å². The number of hydrogen-bond donors (Lipinski definition) is 1. The summed E-state index contributed by atoms with van der Waals surface area (Å²) < 4.78 is 87.4. The molecular formula is C26H28O10S2. The summed E-state index contributed by atoms with van der Waals surface area (Å²) in [4.78, 5) is -0.490. The van der Waals surface area contributed by atoms with Crippen LogP contribution < -0.4 is 23.7 Å². The highest BCUT2D eigenvalue weighted by Crippen LogP contribution is 2.39. The molecule has 0 unspecified atom stereocenters. The highest BCUT2D eigenvalue weighted by atomic mass is 32.2. The van der Waals surface area contributed by atoms with Gasteiger partial charge in [0.15, 0.2) is 9.84 Å². The summed E-state index contributed by atoms with van der Waals surface area (Å²) in [5.74, 6) is 0.929. The molecule has 0 aromatic heterocycles. The number of para-hydroxylation sites is 1. The normalized spacial score (nSPS) is 11.8. The zero-order chi connectivity index (χ0) is 28.1. The molecule has 0 bridgehead atoms. The molecular weight excluding hydrogens is 536 g/mol. The van der Waals surface area contributed by atoms with E-state index in [1.165, 1.54) is 47.7 Å². The van der Waals surface area contributed by atoms with Gasteiger partial charge in [-0.15, -0.1) is 0 Å². The molecule has 0 aliphatic carbocycles. The predicted molar refractivity (Wildman–Crippen MR) is 143 cm³/mol. The van der Waals surface area contributed by atoms with E-state index in [-0.39, 0.29) is 16.9 Å². The van der Waals surface area contributed by atoms with Gasteiger partial charge in [0.25, 0.3) is 10.1 Å². The molecule has 0 spiro atoms. The summed E-state index contributed by atoms with van der Waals surface area (Å²) in [5.41, 5.74) is 0.841. The van der Waals surface area contributed by atoms with Crippen molar-refractivity contribution in [3.05, 3.63) is 65.1 Å². The molecule has 0 aliphatic heterocycles. The molecule has 204 valence electrons. The van der Waals surface area contributed by atoms with Crippen molar-refractivity contribution >= 4 is 26.0 Å². The van der Waals surface area contributed by atoms with Gasteiger partial charge in [-0.2, -0.15) is 8.42 Å². The van der Waals surface area contributed by atoms with Crippen molar-refractivity contribution in [1.82, 2.24) is 0 Å². The molecule has 0 saturated carbocycles. The molecule has 10 nitrogen and oxygen atoms in total. The number of hydrogen-bond acceptors (Lipinski definition) is 9. The van der Waals surface area contributed by atoms with Crippen molar-refractivity contribution in [2.24, 2.45) is 0 Å². The third-order valence-electron chi connectivity index (χ3n) is 5.61.